The molecule has 0 aliphatic carbocycles. The SMILES string of the molecule is CCOC(=O)CSc1nc2sc3c(c2c(=O)n1Cc1ccccc1)CC[NH+](Cc1ccccc1)C3. The Morgan fingerprint density at radius 1 is 1.11 bits per heavy atom. The van der Waals surface area contributed by atoms with Gasteiger partial charge in [-0.3, -0.25) is 14.2 Å². The van der Waals surface area contributed by atoms with Gasteiger partial charge < -0.3 is 9.64 Å². The standard InChI is InChI=1S/C27H27N3O3S2/c1-2-33-23(31)18-34-27-28-25-24(26(32)30(27)16-20-11-7-4-8-12-20)21-13-14-29(17-22(21)35-25)15-19-9-5-3-6-10-19/h3-12H,2,13-18H2,1H3/p+1. The quantitative estimate of drug-likeness (QED) is 0.226. The first-order valence-corrected chi connectivity index (χ1v) is 13.7. The highest BCUT2D eigenvalue weighted by atomic mass is 32.2. The van der Waals surface area contributed by atoms with Gasteiger partial charge in [0.2, 0.25) is 0 Å². The van der Waals surface area contributed by atoms with Gasteiger partial charge in [0.15, 0.2) is 5.16 Å². The molecule has 0 fully saturated rings. The number of benzene rings is 2. The number of ether oxygens (including phenoxy) is 1. The maximum absolute atomic E-state index is 13.8. The van der Waals surface area contributed by atoms with Gasteiger partial charge in [-0.1, -0.05) is 72.4 Å². The number of thioether (sulfide) groups is 1. The molecule has 0 saturated carbocycles. The Labute approximate surface area is 212 Å². The molecular weight excluding hydrogens is 478 g/mol. The molecule has 6 nitrogen and oxygen atoms in total. The molecule has 180 valence electrons. The Morgan fingerprint density at radius 3 is 2.54 bits per heavy atom. The Bertz CT molecular complexity index is 1380. The zero-order valence-corrected chi connectivity index (χ0v) is 21.3. The lowest BCUT2D eigenvalue weighted by Crippen LogP contribution is -3.10. The first-order valence-electron chi connectivity index (χ1n) is 11.9. The number of esters is 1. The smallest absolute Gasteiger partial charge is 0.316 e. The Hall–Kier alpha value is -2.94. The molecule has 1 unspecified atom stereocenters. The Kier molecular flexibility index (Phi) is 7.32. The van der Waals surface area contributed by atoms with E-state index in [1.165, 1.54) is 27.1 Å². The van der Waals surface area contributed by atoms with Gasteiger partial charge in [0.05, 0.1) is 35.7 Å². The topological polar surface area (TPSA) is 65.6 Å². The van der Waals surface area contributed by atoms with E-state index in [0.717, 1.165) is 47.4 Å². The van der Waals surface area contributed by atoms with Crippen LogP contribution in [0.2, 0.25) is 0 Å². The summed E-state index contributed by atoms with van der Waals surface area (Å²) in [5.41, 5.74) is 3.49. The lowest BCUT2D eigenvalue weighted by atomic mass is 10.0. The number of rotatable bonds is 8. The van der Waals surface area contributed by atoms with Crippen LogP contribution in [0.15, 0.2) is 70.6 Å². The molecule has 1 atom stereocenters. The van der Waals surface area contributed by atoms with E-state index < -0.39 is 0 Å². The molecule has 0 radical (unpaired) electrons. The number of fused-ring (bicyclic) bond motifs is 3. The fourth-order valence-corrected chi connectivity index (χ4v) is 6.70. The number of carbonyl (C=O) groups is 1. The number of hydrogen-bond donors (Lipinski definition) is 1. The van der Waals surface area contributed by atoms with E-state index >= 15 is 0 Å². The second kappa shape index (κ2) is 10.8. The summed E-state index contributed by atoms with van der Waals surface area (Å²) in [6.07, 6.45) is 0.870. The van der Waals surface area contributed by atoms with Crippen molar-refractivity contribution in [2.24, 2.45) is 0 Å². The number of quaternary nitrogens is 1. The highest BCUT2D eigenvalue weighted by Crippen LogP contribution is 2.31. The maximum atomic E-state index is 13.8. The maximum Gasteiger partial charge on any atom is 0.316 e. The van der Waals surface area contributed by atoms with Crippen LogP contribution in [0.1, 0.15) is 28.5 Å². The van der Waals surface area contributed by atoms with Crippen molar-refractivity contribution in [3.05, 3.63) is 92.6 Å². The minimum absolute atomic E-state index is 0.0192. The molecule has 0 amide bonds. The van der Waals surface area contributed by atoms with Crippen molar-refractivity contribution in [3.63, 3.8) is 0 Å². The first-order chi connectivity index (χ1) is 17.1. The highest BCUT2D eigenvalue weighted by Gasteiger charge is 2.27. The zero-order chi connectivity index (χ0) is 24.2. The summed E-state index contributed by atoms with van der Waals surface area (Å²) in [4.78, 5) is 34.3. The normalized spacial score (nSPS) is 15.2. The molecular formula is C27H28N3O3S2+. The second-order valence-corrected chi connectivity index (χ2v) is 10.7. The fraction of sp³-hybridized carbons (Fsp3) is 0.296. The number of aromatic nitrogens is 2. The van der Waals surface area contributed by atoms with Crippen LogP contribution < -0.4 is 10.5 Å². The van der Waals surface area contributed by atoms with Crippen LogP contribution in [0.4, 0.5) is 0 Å². The van der Waals surface area contributed by atoms with Crippen molar-refractivity contribution in [1.29, 1.82) is 0 Å². The number of nitrogens with zero attached hydrogens (tertiary/aromatic N) is 2. The molecule has 2 aromatic heterocycles. The molecule has 1 aliphatic heterocycles. The minimum Gasteiger partial charge on any atom is -0.465 e. The van der Waals surface area contributed by atoms with Crippen LogP contribution >= 0.6 is 23.1 Å². The lowest BCUT2D eigenvalue weighted by molar-refractivity contribution is -0.929. The third kappa shape index (κ3) is 5.34. The molecule has 0 spiro atoms. The van der Waals surface area contributed by atoms with E-state index in [9.17, 15) is 9.59 Å². The molecule has 1 aliphatic rings. The largest absolute Gasteiger partial charge is 0.465 e. The molecule has 3 heterocycles. The van der Waals surface area contributed by atoms with Gasteiger partial charge in [0, 0.05) is 12.0 Å². The molecule has 2 aromatic carbocycles. The van der Waals surface area contributed by atoms with E-state index in [4.69, 9.17) is 9.72 Å². The number of nitrogens with one attached hydrogen (secondary N) is 1. The van der Waals surface area contributed by atoms with Crippen molar-refractivity contribution < 1.29 is 14.4 Å². The first kappa shape index (κ1) is 23.8. The summed E-state index contributed by atoms with van der Waals surface area (Å²) in [6.45, 7) is 5.41. The second-order valence-electron chi connectivity index (χ2n) is 8.64. The summed E-state index contributed by atoms with van der Waals surface area (Å²) in [6, 6.07) is 20.5. The van der Waals surface area contributed by atoms with Crippen LogP contribution in [0.3, 0.4) is 0 Å². The molecule has 0 bridgehead atoms. The minimum atomic E-state index is -0.302. The molecule has 5 rings (SSSR count). The van der Waals surface area contributed by atoms with Crippen molar-refractivity contribution in [3.8, 4) is 0 Å². The van der Waals surface area contributed by atoms with E-state index in [1.807, 2.05) is 36.4 Å². The van der Waals surface area contributed by atoms with Crippen LogP contribution in [-0.2, 0) is 35.6 Å². The van der Waals surface area contributed by atoms with Crippen LogP contribution in [0.25, 0.3) is 10.2 Å². The van der Waals surface area contributed by atoms with Crippen molar-refractivity contribution >= 4 is 39.3 Å². The average Bonchev–Trinajstić information content (AvgIpc) is 3.24. The van der Waals surface area contributed by atoms with Crippen molar-refractivity contribution in [2.75, 3.05) is 18.9 Å². The molecule has 1 N–H and O–H groups in total. The zero-order valence-electron chi connectivity index (χ0n) is 19.7. The van der Waals surface area contributed by atoms with Gasteiger partial charge in [-0.05, 0) is 18.1 Å². The summed E-state index contributed by atoms with van der Waals surface area (Å²) < 4.78 is 6.81. The van der Waals surface area contributed by atoms with Crippen LogP contribution in [0.5, 0.6) is 0 Å². The fourth-order valence-electron chi connectivity index (χ4n) is 4.57. The average molecular weight is 507 g/mol. The van der Waals surface area contributed by atoms with Gasteiger partial charge in [-0.15, -0.1) is 11.3 Å². The van der Waals surface area contributed by atoms with Crippen molar-refractivity contribution in [1.82, 2.24) is 9.55 Å². The van der Waals surface area contributed by atoms with E-state index in [2.05, 4.69) is 24.3 Å². The monoisotopic (exact) mass is 506 g/mol. The molecule has 35 heavy (non-hydrogen) atoms. The number of thiophene rings is 1. The van der Waals surface area contributed by atoms with Gasteiger partial charge >= 0.3 is 5.97 Å². The third-order valence-electron chi connectivity index (χ3n) is 6.20. The molecule has 4 aromatic rings. The van der Waals surface area contributed by atoms with Crippen molar-refractivity contribution in [2.45, 2.75) is 38.1 Å². The van der Waals surface area contributed by atoms with Gasteiger partial charge in [-0.2, -0.15) is 0 Å². The van der Waals surface area contributed by atoms with E-state index in [0.29, 0.717) is 18.3 Å². The highest BCUT2D eigenvalue weighted by molar-refractivity contribution is 7.99. The lowest BCUT2D eigenvalue weighted by Gasteiger charge is -2.24. The summed E-state index contributed by atoms with van der Waals surface area (Å²) >= 11 is 2.90. The van der Waals surface area contributed by atoms with E-state index in [1.54, 1.807) is 22.8 Å². The van der Waals surface area contributed by atoms with Gasteiger partial charge in [0.25, 0.3) is 5.56 Å². The number of hydrogen-bond acceptors (Lipinski definition) is 6. The summed E-state index contributed by atoms with van der Waals surface area (Å²) in [5.74, 6) is -0.176. The van der Waals surface area contributed by atoms with Gasteiger partial charge in [-0.25, -0.2) is 4.98 Å². The predicted molar refractivity (Wildman–Crippen MR) is 140 cm³/mol. The Balaban J connectivity index is 1.49. The third-order valence-corrected chi connectivity index (χ3v) is 8.28. The number of carbonyl (C=O) groups excluding carboxylic acids is 1. The summed E-state index contributed by atoms with van der Waals surface area (Å²) in [7, 11) is 0. The van der Waals surface area contributed by atoms with E-state index in [-0.39, 0.29) is 17.3 Å². The Morgan fingerprint density at radius 2 is 1.83 bits per heavy atom. The van der Waals surface area contributed by atoms with Crippen LogP contribution in [-0.4, -0.2) is 34.4 Å². The predicted octanol–water partition coefficient (Wildman–Crippen LogP) is 3.30. The van der Waals surface area contributed by atoms with Gasteiger partial charge in [0.1, 0.15) is 17.9 Å². The molecule has 0 saturated heterocycles. The summed E-state index contributed by atoms with van der Waals surface area (Å²) in [5, 5.41) is 1.31. The van der Waals surface area contributed by atoms with Crippen LogP contribution in [0, 0.1) is 0 Å². The molecule has 8 heteroatoms.